The lowest BCUT2D eigenvalue weighted by molar-refractivity contribution is -0.136. The minimum absolute atomic E-state index is 0.0558. The van der Waals surface area contributed by atoms with Crippen molar-refractivity contribution in [2.24, 2.45) is 0 Å². The lowest BCUT2D eigenvalue weighted by Gasteiger charge is -2.41. The quantitative estimate of drug-likeness (QED) is 0.706. The van der Waals surface area contributed by atoms with Crippen molar-refractivity contribution in [3.63, 3.8) is 0 Å². The highest BCUT2D eigenvalue weighted by atomic mass is 16.5. The molecule has 2 fully saturated rings. The Labute approximate surface area is 177 Å². The van der Waals surface area contributed by atoms with E-state index in [9.17, 15) is 9.59 Å². The molecule has 30 heavy (non-hydrogen) atoms. The van der Waals surface area contributed by atoms with Crippen LogP contribution in [-0.2, 0) is 9.53 Å². The second-order valence-electron chi connectivity index (χ2n) is 8.11. The van der Waals surface area contributed by atoms with Gasteiger partial charge in [-0.25, -0.2) is 9.59 Å². The molecule has 0 unspecified atom stereocenters. The number of amides is 2. The summed E-state index contributed by atoms with van der Waals surface area (Å²) >= 11 is 0. The zero-order valence-corrected chi connectivity index (χ0v) is 18.0. The maximum atomic E-state index is 13.4. The van der Waals surface area contributed by atoms with Gasteiger partial charge in [-0.15, -0.1) is 0 Å². The monoisotopic (exact) mass is 414 g/mol. The van der Waals surface area contributed by atoms with E-state index in [0.717, 1.165) is 49.9 Å². The molecule has 0 radical (unpaired) electrons. The topological polar surface area (TPSA) is 68.3 Å². The molecule has 2 amide bonds. The largest absolute Gasteiger partial charge is 0.493 e. The van der Waals surface area contributed by atoms with Crippen molar-refractivity contribution in [1.82, 2.24) is 9.80 Å². The Hall–Kier alpha value is -2.70. The van der Waals surface area contributed by atoms with Crippen LogP contribution < -0.4 is 9.47 Å². The number of para-hydroxylation sites is 1. The van der Waals surface area contributed by atoms with Gasteiger partial charge in [-0.1, -0.05) is 12.1 Å². The van der Waals surface area contributed by atoms with Crippen LogP contribution in [0, 0.1) is 0 Å². The van der Waals surface area contributed by atoms with Crippen molar-refractivity contribution in [1.29, 1.82) is 0 Å². The molecule has 0 saturated carbocycles. The molecule has 2 saturated heterocycles. The number of hydrogen-bond acceptors (Lipinski definition) is 5. The van der Waals surface area contributed by atoms with Crippen molar-refractivity contribution >= 4 is 17.6 Å². The van der Waals surface area contributed by atoms with Crippen LogP contribution in [0.2, 0.25) is 0 Å². The van der Waals surface area contributed by atoms with Gasteiger partial charge in [0.05, 0.1) is 32.9 Å². The van der Waals surface area contributed by atoms with Gasteiger partial charge in [0.15, 0.2) is 11.5 Å². The minimum atomic E-state index is -0.378. The third kappa shape index (κ3) is 3.40. The van der Waals surface area contributed by atoms with E-state index in [1.165, 1.54) is 13.5 Å². The molecule has 0 N–H and O–H groups in total. The number of fused-ring (bicyclic) bond motifs is 2. The lowest BCUT2D eigenvalue weighted by atomic mass is 9.87. The Bertz CT molecular complexity index is 859. The Balaban J connectivity index is 1.78. The Morgan fingerprint density at radius 3 is 2.43 bits per heavy atom. The molecule has 3 aliphatic rings. The number of esters is 1. The molecule has 162 valence electrons. The number of piperidine rings is 1. The molecule has 4 rings (SSSR count). The van der Waals surface area contributed by atoms with Gasteiger partial charge in [-0.05, 0) is 50.2 Å². The lowest BCUT2D eigenvalue weighted by Crippen LogP contribution is -2.53. The number of carbonyl (C=O) groups excluding carboxylic acids is 2. The summed E-state index contributed by atoms with van der Waals surface area (Å²) in [4.78, 5) is 30.2. The van der Waals surface area contributed by atoms with Crippen molar-refractivity contribution in [3.8, 4) is 11.5 Å². The molecule has 0 aromatic heterocycles. The van der Waals surface area contributed by atoms with E-state index in [0.29, 0.717) is 23.5 Å². The highest BCUT2D eigenvalue weighted by Gasteiger charge is 2.48. The molecular formula is C23H30N2O5. The second-order valence-corrected chi connectivity index (χ2v) is 8.11. The van der Waals surface area contributed by atoms with Crippen molar-refractivity contribution in [2.75, 3.05) is 34.4 Å². The summed E-state index contributed by atoms with van der Waals surface area (Å²) in [6.07, 6.45) is 5.50. The van der Waals surface area contributed by atoms with E-state index < -0.39 is 0 Å². The van der Waals surface area contributed by atoms with Gasteiger partial charge in [0, 0.05) is 24.7 Å². The number of rotatable bonds is 4. The van der Waals surface area contributed by atoms with Gasteiger partial charge in [0.1, 0.15) is 0 Å². The molecule has 1 aromatic rings. The number of urea groups is 1. The molecular weight excluding hydrogens is 384 g/mol. The summed E-state index contributed by atoms with van der Waals surface area (Å²) in [6.45, 7) is 1.59. The average Bonchev–Trinajstić information content (AvgIpc) is 3.10. The maximum absolute atomic E-state index is 13.4. The van der Waals surface area contributed by atoms with E-state index in [4.69, 9.17) is 14.2 Å². The highest BCUT2D eigenvalue weighted by Crippen LogP contribution is 2.47. The fraction of sp³-hybridized carbons (Fsp3) is 0.565. The summed E-state index contributed by atoms with van der Waals surface area (Å²) in [5, 5.41) is 0. The Kier molecular flexibility index (Phi) is 5.88. The average molecular weight is 415 g/mol. The first-order valence-electron chi connectivity index (χ1n) is 10.7. The van der Waals surface area contributed by atoms with Crippen LogP contribution in [0.4, 0.5) is 4.79 Å². The van der Waals surface area contributed by atoms with Crippen LogP contribution >= 0.6 is 0 Å². The summed E-state index contributed by atoms with van der Waals surface area (Å²) in [5.74, 6) is 0.842. The first kappa shape index (κ1) is 20.6. The molecule has 1 aromatic carbocycles. The number of likely N-dealkylation sites (tertiary alicyclic amines) is 1. The molecule has 7 nitrogen and oxygen atoms in total. The third-order valence-corrected chi connectivity index (χ3v) is 6.58. The smallest absolute Gasteiger partial charge is 0.336 e. The second kappa shape index (κ2) is 8.58. The SMILES string of the molecule is COC(=O)C1=C(c2cccc(OC)c2OC)C[C@@H]2CC[C@H]1N2C(=O)N1CCCCC1. The minimum Gasteiger partial charge on any atom is -0.493 e. The van der Waals surface area contributed by atoms with Gasteiger partial charge < -0.3 is 24.0 Å². The van der Waals surface area contributed by atoms with Crippen LogP contribution in [0.1, 0.15) is 44.1 Å². The number of carbonyl (C=O) groups is 2. The van der Waals surface area contributed by atoms with Gasteiger partial charge in [0.2, 0.25) is 0 Å². The van der Waals surface area contributed by atoms with Crippen molar-refractivity contribution < 1.29 is 23.8 Å². The summed E-state index contributed by atoms with van der Waals surface area (Å²) in [6, 6.07) is 5.54. The summed E-state index contributed by atoms with van der Waals surface area (Å²) in [5.41, 5.74) is 2.30. The van der Waals surface area contributed by atoms with Gasteiger partial charge in [0.25, 0.3) is 0 Å². The molecule has 3 heterocycles. The molecule has 2 atom stereocenters. The van der Waals surface area contributed by atoms with Crippen LogP contribution in [0.5, 0.6) is 11.5 Å². The van der Waals surface area contributed by atoms with E-state index in [2.05, 4.69) is 0 Å². The zero-order chi connectivity index (χ0) is 21.3. The first-order valence-corrected chi connectivity index (χ1v) is 10.7. The van der Waals surface area contributed by atoms with E-state index >= 15 is 0 Å². The number of benzene rings is 1. The summed E-state index contributed by atoms with van der Waals surface area (Å²) < 4.78 is 16.3. The predicted octanol–water partition coefficient (Wildman–Crippen LogP) is 3.47. The Morgan fingerprint density at radius 1 is 1.00 bits per heavy atom. The zero-order valence-electron chi connectivity index (χ0n) is 18.0. The van der Waals surface area contributed by atoms with Crippen LogP contribution in [-0.4, -0.2) is 68.3 Å². The van der Waals surface area contributed by atoms with E-state index in [-0.39, 0.29) is 24.1 Å². The van der Waals surface area contributed by atoms with Gasteiger partial charge in [-0.2, -0.15) is 0 Å². The fourth-order valence-electron chi connectivity index (χ4n) is 5.20. The number of ether oxygens (including phenoxy) is 3. The number of methoxy groups -OCH3 is 3. The fourth-order valence-corrected chi connectivity index (χ4v) is 5.20. The molecule has 3 aliphatic heterocycles. The third-order valence-electron chi connectivity index (χ3n) is 6.58. The Morgan fingerprint density at radius 2 is 1.77 bits per heavy atom. The van der Waals surface area contributed by atoms with Crippen molar-refractivity contribution in [2.45, 2.75) is 50.6 Å². The molecule has 2 bridgehead atoms. The number of nitrogens with zero attached hydrogens (tertiary/aromatic N) is 2. The van der Waals surface area contributed by atoms with Crippen LogP contribution in [0.15, 0.2) is 23.8 Å². The predicted molar refractivity (Wildman–Crippen MR) is 113 cm³/mol. The van der Waals surface area contributed by atoms with Crippen molar-refractivity contribution in [3.05, 3.63) is 29.3 Å². The standard InChI is InChI=1S/C23H30N2O5/c1-28-19-9-7-8-16(21(19)29-2)17-14-15-10-11-18(20(17)22(26)30-3)25(15)23(27)24-12-5-4-6-13-24/h7-9,15,18H,4-6,10-14H2,1-3H3/t15-,18+/m0/s1. The van der Waals surface area contributed by atoms with Gasteiger partial charge in [-0.3, -0.25) is 0 Å². The van der Waals surface area contributed by atoms with E-state index in [1.807, 2.05) is 28.0 Å². The van der Waals surface area contributed by atoms with Gasteiger partial charge >= 0.3 is 12.0 Å². The summed E-state index contributed by atoms with van der Waals surface area (Å²) in [7, 11) is 4.60. The van der Waals surface area contributed by atoms with Crippen LogP contribution in [0.25, 0.3) is 5.57 Å². The normalized spacial score (nSPS) is 23.4. The molecule has 0 aliphatic carbocycles. The first-order chi connectivity index (χ1) is 14.6. The molecule has 7 heteroatoms. The van der Waals surface area contributed by atoms with Crippen LogP contribution in [0.3, 0.4) is 0 Å². The maximum Gasteiger partial charge on any atom is 0.336 e. The highest BCUT2D eigenvalue weighted by molar-refractivity contribution is 6.01. The molecule has 0 spiro atoms. The number of hydrogen-bond donors (Lipinski definition) is 0. The van der Waals surface area contributed by atoms with E-state index in [1.54, 1.807) is 14.2 Å².